The Hall–Kier alpha value is -0.0800. The first-order valence-electron chi connectivity index (χ1n) is 5.82. The molecule has 2 nitrogen and oxygen atoms in total. The molecule has 1 N–H and O–H groups in total. The molecular weight excluding hydrogens is 160 g/mol. The highest BCUT2D eigenvalue weighted by atomic mass is 15.1. The summed E-state index contributed by atoms with van der Waals surface area (Å²) in [6.07, 6.45) is 5.50. The summed E-state index contributed by atoms with van der Waals surface area (Å²) in [7, 11) is 0. The van der Waals surface area contributed by atoms with Crippen LogP contribution in [-0.4, -0.2) is 37.1 Å². The van der Waals surface area contributed by atoms with Crippen molar-refractivity contribution in [3.05, 3.63) is 0 Å². The maximum atomic E-state index is 3.54. The second-order valence-electron chi connectivity index (χ2n) is 4.02. The lowest BCUT2D eigenvalue weighted by Gasteiger charge is -2.30. The van der Waals surface area contributed by atoms with Crippen molar-refractivity contribution in [2.24, 2.45) is 0 Å². The van der Waals surface area contributed by atoms with Crippen molar-refractivity contribution in [3.63, 3.8) is 0 Å². The zero-order valence-corrected chi connectivity index (χ0v) is 9.18. The molecule has 0 saturated carbocycles. The highest BCUT2D eigenvalue weighted by Crippen LogP contribution is 2.09. The molecule has 0 bridgehead atoms. The van der Waals surface area contributed by atoms with Crippen molar-refractivity contribution >= 4 is 0 Å². The maximum Gasteiger partial charge on any atom is 0.0192 e. The molecule has 78 valence electrons. The summed E-state index contributed by atoms with van der Waals surface area (Å²) in [6, 6.07) is 0.711. The minimum Gasteiger partial charge on any atom is -0.313 e. The van der Waals surface area contributed by atoms with E-state index in [1.807, 2.05) is 0 Å². The van der Waals surface area contributed by atoms with Crippen LogP contribution < -0.4 is 5.32 Å². The van der Waals surface area contributed by atoms with Crippen molar-refractivity contribution in [2.45, 2.75) is 45.6 Å². The number of nitrogens with one attached hydrogen (secondary N) is 1. The van der Waals surface area contributed by atoms with Gasteiger partial charge in [-0.3, -0.25) is 0 Å². The van der Waals surface area contributed by atoms with E-state index in [-0.39, 0.29) is 0 Å². The Morgan fingerprint density at radius 3 is 2.38 bits per heavy atom. The molecule has 0 aromatic heterocycles. The smallest absolute Gasteiger partial charge is 0.0192 e. The monoisotopic (exact) mass is 184 g/mol. The van der Waals surface area contributed by atoms with Crippen LogP contribution in [0.25, 0.3) is 0 Å². The molecular formula is C11H24N2. The zero-order chi connectivity index (χ0) is 9.52. The fourth-order valence-corrected chi connectivity index (χ4v) is 2.08. The SMILES string of the molecule is CCNC(CC)CN1CCCCC1. The molecule has 1 saturated heterocycles. The Kier molecular flexibility index (Phi) is 5.40. The minimum atomic E-state index is 0.711. The van der Waals surface area contributed by atoms with Gasteiger partial charge in [0.15, 0.2) is 0 Å². The lowest BCUT2D eigenvalue weighted by atomic mass is 10.1. The fraction of sp³-hybridized carbons (Fsp3) is 1.00. The predicted octanol–water partition coefficient (Wildman–Crippen LogP) is 1.86. The summed E-state index contributed by atoms with van der Waals surface area (Å²) in [5.74, 6) is 0. The summed E-state index contributed by atoms with van der Waals surface area (Å²) in [5, 5.41) is 3.54. The third kappa shape index (κ3) is 4.10. The van der Waals surface area contributed by atoms with Gasteiger partial charge in [-0.05, 0) is 38.9 Å². The normalized spacial score (nSPS) is 21.7. The number of nitrogens with zero attached hydrogens (tertiary/aromatic N) is 1. The minimum absolute atomic E-state index is 0.711. The molecule has 1 heterocycles. The average Bonchev–Trinajstić information content (AvgIpc) is 2.19. The van der Waals surface area contributed by atoms with E-state index < -0.39 is 0 Å². The average molecular weight is 184 g/mol. The molecule has 1 fully saturated rings. The molecule has 0 amide bonds. The van der Waals surface area contributed by atoms with Crippen LogP contribution in [0.1, 0.15) is 39.5 Å². The molecule has 1 atom stereocenters. The van der Waals surface area contributed by atoms with Crippen LogP contribution in [0.5, 0.6) is 0 Å². The Bertz CT molecular complexity index is 117. The molecule has 1 rings (SSSR count). The van der Waals surface area contributed by atoms with Crippen LogP contribution in [0.15, 0.2) is 0 Å². The third-order valence-corrected chi connectivity index (χ3v) is 2.91. The van der Waals surface area contributed by atoms with Crippen molar-refractivity contribution < 1.29 is 0 Å². The lowest BCUT2D eigenvalue weighted by Crippen LogP contribution is -2.42. The largest absolute Gasteiger partial charge is 0.313 e. The van der Waals surface area contributed by atoms with Gasteiger partial charge in [-0.2, -0.15) is 0 Å². The van der Waals surface area contributed by atoms with Crippen LogP contribution in [0.3, 0.4) is 0 Å². The molecule has 1 unspecified atom stereocenters. The van der Waals surface area contributed by atoms with E-state index in [1.165, 1.54) is 45.3 Å². The molecule has 1 aliphatic rings. The van der Waals surface area contributed by atoms with E-state index in [2.05, 4.69) is 24.1 Å². The maximum absolute atomic E-state index is 3.54. The molecule has 0 aromatic carbocycles. The second-order valence-corrected chi connectivity index (χ2v) is 4.02. The van der Waals surface area contributed by atoms with Crippen LogP contribution in [0, 0.1) is 0 Å². The van der Waals surface area contributed by atoms with Crippen LogP contribution in [0.4, 0.5) is 0 Å². The van der Waals surface area contributed by atoms with Crippen molar-refractivity contribution in [1.29, 1.82) is 0 Å². The van der Waals surface area contributed by atoms with Gasteiger partial charge in [-0.15, -0.1) is 0 Å². The van der Waals surface area contributed by atoms with Gasteiger partial charge in [0.1, 0.15) is 0 Å². The lowest BCUT2D eigenvalue weighted by molar-refractivity contribution is 0.203. The second kappa shape index (κ2) is 6.39. The van der Waals surface area contributed by atoms with Gasteiger partial charge in [0.05, 0.1) is 0 Å². The third-order valence-electron chi connectivity index (χ3n) is 2.91. The first-order chi connectivity index (χ1) is 6.36. The molecule has 0 aromatic rings. The topological polar surface area (TPSA) is 15.3 Å². The Morgan fingerprint density at radius 1 is 1.15 bits per heavy atom. The molecule has 2 heteroatoms. The van der Waals surface area contributed by atoms with Crippen molar-refractivity contribution in [2.75, 3.05) is 26.2 Å². The summed E-state index contributed by atoms with van der Waals surface area (Å²) in [5.41, 5.74) is 0. The zero-order valence-electron chi connectivity index (χ0n) is 9.18. The summed E-state index contributed by atoms with van der Waals surface area (Å²) < 4.78 is 0. The van der Waals surface area contributed by atoms with E-state index in [1.54, 1.807) is 0 Å². The quantitative estimate of drug-likeness (QED) is 0.701. The highest BCUT2D eigenvalue weighted by molar-refractivity contribution is 4.72. The number of hydrogen-bond acceptors (Lipinski definition) is 2. The van der Waals surface area contributed by atoms with Gasteiger partial charge in [-0.1, -0.05) is 20.3 Å². The summed E-state index contributed by atoms with van der Waals surface area (Å²) >= 11 is 0. The first kappa shape index (κ1) is 11.0. The Morgan fingerprint density at radius 2 is 1.85 bits per heavy atom. The van der Waals surface area contributed by atoms with Gasteiger partial charge in [-0.25, -0.2) is 0 Å². The van der Waals surface area contributed by atoms with Crippen molar-refractivity contribution in [3.8, 4) is 0 Å². The van der Waals surface area contributed by atoms with Crippen molar-refractivity contribution in [1.82, 2.24) is 10.2 Å². The summed E-state index contributed by atoms with van der Waals surface area (Å²) in [4.78, 5) is 2.61. The Labute approximate surface area is 82.7 Å². The predicted molar refractivity (Wildman–Crippen MR) is 58.0 cm³/mol. The van der Waals surface area contributed by atoms with Gasteiger partial charge >= 0.3 is 0 Å². The number of rotatable bonds is 5. The summed E-state index contributed by atoms with van der Waals surface area (Å²) in [6.45, 7) is 9.47. The van der Waals surface area contributed by atoms with Crippen LogP contribution >= 0.6 is 0 Å². The standard InChI is InChI=1S/C11H24N2/c1-3-11(12-4-2)10-13-8-6-5-7-9-13/h11-12H,3-10H2,1-2H3. The molecule has 1 aliphatic heterocycles. The van der Waals surface area contributed by atoms with Gasteiger partial charge in [0.2, 0.25) is 0 Å². The van der Waals surface area contributed by atoms with Gasteiger partial charge < -0.3 is 10.2 Å². The van der Waals surface area contributed by atoms with E-state index >= 15 is 0 Å². The number of hydrogen-bond donors (Lipinski definition) is 1. The Balaban J connectivity index is 2.18. The molecule has 0 radical (unpaired) electrons. The number of likely N-dealkylation sites (N-methyl/N-ethyl adjacent to an activating group) is 1. The molecule has 0 spiro atoms. The molecule has 13 heavy (non-hydrogen) atoms. The van der Waals surface area contributed by atoms with Crippen LogP contribution in [-0.2, 0) is 0 Å². The number of likely N-dealkylation sites (tertiary alicyclic amines) is 1. The van der Waals surface area contributed by atoms with E-state index in [4.69, 9.17) is 0 Å². The molecule has 0 aliphatic carbocycles. The first-order valence-corrected chi connectivity index (χ1v) is 5.82. The number of piperidine rings is 1. The van der Waals surface area contributed by atoms with Gasteiger partial charge in [0, 0.05) is 12.6 Å². The van der Waals surface area contributed by atoms with E-state index in [9.17, 15) is 0 Å². The van der Waals surface area contributed by atoms with E-state index in [0.29, 0.717) is 6.04 Å². The highest BCUT2D eigenvalue weighted by Gasteiger charge is 2.13. The van der Waals surface area contributed by atoms with E-state index in [0.717, 1.165) is 6.54 Å². The fourth-order valence-electron chi connectivity index (χ4n) is 2.08. The van der Waals surface area contributed by atoms with Crippen LogP contribution in [0.2, 0.25) is 0 Å². The van der Waals surface area contributed by atoms with Gasteiger partial charge in [0.25, 0.3) is 0 Å².